The van der Waals surface area contributed by atoms with Crippen LogP contribution in [0.2, 0.25) is 0 Å². The number of hydroxylamine groups is 1. The van der Waals surface area contributed by atoms with Crippen molar-refractivity contribution in [1.29, 1.82) is 0 Å². The summed E-state index contributed by atoms with van der Waals surface area (Å²) >= 11 is 0. The van der Waals surface area contributed by atoms with Crippen LogP contribution in [0, 0.1) is 0 Å². The van der Waals surface area contributed by atoms with Crippen LogP contribution in [-0.4, -0.2) is 40.8 Å². The lowest BCUT2D eigenvalue weighted by molar-refractivity contribution is 0.182. The topological polar surface area (TPSA) is 96.7 Å². The van der Waals surface area contributed by atoms with E-state index in [0.29, 0.717) is 29.1 Å². The monoisotopic (exact) mass is 351 g/mol. The summed E-state index contributed by atoms with van der Waals surface area (Å²) in [6.07, 6.45) is 1.78. The molecule has 1 atom stereocenters. The Labute approximate surface area is 150 Å². The lowest BCUT2D eigenvalue weighted by Gasteiger charge is -2.31. The highest BCUT2D eigenvalue weighted by atomic mass is 16.6. The average Bonchev–Trinajstić information content (AvgIpc) is 2.87. The van der Waals surface area contributed by atoms with Crippen molar-refractivity contribution in [1.82, 2.24) is 15.4 Å². The fourth-order valence-corrected chi connectivity index (χ4v) is 3.43. The molecule has 0 amide bonds. The highest BCUT2D eigenvalue weighted by Crippen LogP contribution is 2.37. The maximum Gasteiger partial charge on any atom is 0.466 e. The molecule has 0 fully saturated rings. The number of hydrogen-bond acceptors (Lipinski definition) is 7. The molecule has 0 bridgehead atoms. The van der Waals surface area contributed by atoms with Gasteiger partial charge in [0.05, 0.1) is 23.6 Å². The van der Waals surface area contributed by atoms with Crippen LogP contribution < -0.4 is 15.1 Å². The summed E-state index contributed by atoms with van der Waals surface area (Å²) in [4.78, 5) is 14.3. The van der Waals surface area contributed by atoms with Crippen molar-refractivity contribution in [2.75, 3.05) is 13.7 Å². The third-order valence-corrected chi connectivity index (χ3v) is 4.86. The van der Waals surface area contributed by atoms with E-state index in [2.05, 4.69) is 15.4 Å². The Morgan fingerprint density at radius 3 is 2.85 bits per heavy atom. The van der Waals surface area contributed by atoms with E-state index in [9.17, 15) is 10.0 Å². The van der Waals surface area contributed by atoms with Crippen LogP contribution in [0.5, 0.6) is 11.5 Å². The van der Waals surface area contributed by atoms with Crippen molar-refractivity contribution in [2.45, 2.75) is 11.7 Å². The van der Waals surface area contributed by atoms with Gasteiger partial charge in [-0.2, -0.15) is 5.48 Å². The van der Waals surface area contributed by atoms with Gasteiger partial charge in [0.2, 0.25) is 0 Å². The minimum Gasteiger partial charge on any atom is -0.497 e. The quantitative estimate of drug-likeness (QED) is 0.607. The molecule has 1 unspecified atom stereocenters. The number of aromatic nitrogens is 2. The molecule has 132 valence electrons. The van der Waals surface area contributed by atoms with E-state index in [1.165, 1.54) is 6.33 Å². The highest BCUT2D eigenvalue weighted by Gasteiger charge is 2.48. The molecule has 4 rings (SSSR count). The normalized spacial score (nSPS) is 19.3. The van der Waals surface area contributed by atoms with E-state index >= 15 is 0 Å². The van der Waals surface area contributed by atoms with E-state index in [0.717, 1.165) is 10.9 Å². The van der Waals surface area contributed by atoms with Gasteiger partial charge in [-0.15, -0.1) is 0 Å². The van der Waals surface area contributed by atoms with Crippen molar-refractivity contribution >= 4 is 18.0 Å². The summed E-state index contributed by atoms with van der Waals surface area (Å²) in [5, 5.41) is 20.4. The molecule has 3 aromatic rings. The standard InChI is InChI=1S/C18H18BN3O4/c1-25-13-6-7-14-15(8-13)20-11-21-17(14)18(19(23)24)9-12-4-2-3-5-16(12)26-22-10-18/h2-8,11,22-24H,9-10H2,1H3. The molecule has 1 aliphatic heterocycles. The number of nitrogens with one attached hydrogen (secondary N) is 1. The summed E-state index contributed by atoms with van der Waals surface area (Å²) in [6, 6.07) is 13.0. The number of para-hydroxylation sites is 1. The number of methoxy groups -OCH3 is 1. The summed E-state index contributed by atoms with van der Waals surface area (Å²) in [6.45, 7) is 0.178. The van der Waals surface area contributed by atoms with Crippen molar-refractivity contribution < 1.29 is 19.6 Å². The van der Waals surface area contributed by atoms with E-state index in [1.807, 2.05) is 30.3 Å². The maximum atomic E-state index is 10.4. The molecule has 3 N–H and O–H groups in total. The molecule has 0 saturated heterocycles. The Morgan fingerprint density at radius 1 is 1.19 bits per heavy atom. The SMILES string of the molecule is COc1ccc2c(C3(B(O)O)CNOc4ccccc4C3)ncnc2c1. The van der Waals surface area contributed by atoms with Crippen LogP contribution in [0.1, 0.15) is 11.3 Å². The Morgan fingerprint density at radius 2 is 2.04 bits per heavy atom. The van der Waals surface area contributed by atoms with E-state index < -0.39 is 12.4 Å². The Bertz CT molecular complexity index is 953. The molecule has 2 aromatic carbocycles. The maximum absolute atomic E-state index is 10.4. The third kappa shape index (κ3) is 2.68. The van der Waals surface area contributed by atoms with Crippen molar-refractivity contribution in [3.63, 3.8) is 0 Å². The van der Waals surface area contributed by atoms with Gasteiger partial charge in [-0.25, -0.2) is 9.97 Å². The molecule has 0 radical (unpaired) electrons. The number of fused-ring (bicyclic) bond motifs is 2. The van der Waals surface area contributed by atoms with Gasteiger partial charge in [-0.1, -0.05) is 18.2 Å². The van der Waals surface area contributed by atoms with E-state index in [1.54, 1.807) is 19.2 Å². The molecule has 7 nitrogen and oxygen atoms in total. The predicted octanol–water partition coefficient (Wildman–Crippen LogP) is 1.03. The molecule has 1 aromatic heterocycles. The zero-order valence-electron chi connectivity index (χ0n) is 14.2. The fourth-order valence-electron chi connectivity index (χ4n) is 3.43. The summed E-state index contributed by atoms with van der Waals surface area (Å²) in [5.41, 5.74) is 4.95. The summed E-state index contributed by atoms with van der Waals surface area (Å²) in [7, 11) is -0.0592. The molecule has 0 saturated carbocycles. The van der Waals surface area contributed by atoms with Crippen LogP contribution >= 0.6 is 0 Å². The zero-order valence-corrected chi connectivity index (χ0v) is 14.2. The van der Waals surface area contributed by atoms with Crippen LogP contribution in [0.3, 0.4) is 0 Å². The summed E-state index contributed by atoms with van der Waals surface area (Å²) < 4.78 is 5.26. The van der Waals surface area contributed by atoms with Crippen molar-refractivity contribution in [3.8, 4) is 11.5 Å². The molecular formula is C18H18BN3O4. The van der Waals surface area contributed by atoms with Gasteiger partial charge >= 0.3 is 7.12 Å². The van der Waals surface area contributed by atoms with Gasteiger partial charge in [0, 0.05) is 18.0 Å². The second-order valence-electron chi connectivity index (χ2n) is 6.34. The van der Waals surface area contributed by atoms with Crippen LogP contribution in [0.25, 0.3) is 10.9 Å². The smallest absolute Gasteiger partial charge is 0.466 e. The van der Waals surface area contributed by atoms with Crippen molar-refractivity contribution in [3.05, 3.63) is 60.0 Å². The second kappa shape index (κ2) is 6.56. The molecule has 0 spiro atoms. The highest BCUT2D eigenvalue weighted by molar-refractivity contribution is 6.46. The van der Waals surface area contributed by atoms with Crippen LogP contribution in [-0.2, 0) is 11.7 Å². The minimum absolute atomic E-state index is 0.178. The Kier molecular flexibility index (Phi) is 4.24. The van der Waals surface area contributed by atoms with E-state index in [-0.39, 0.29) is 6.54 Å². The summed E-state index contributed by atoms with van der Waals surface area (Å²) in [5.74, 6) is 1.34. The third-order valence-electron chi connectivity index (χ3n) is 4.86. The van der Waals surface area contributed by atoms with Gasteiger partial charge in [-0.05, 0) is 30.2 Å². The molecule has 0 aliphatic carbocycles. The number of hydrogen-bond donors (Lipinski definition) is 3. The molecule has 1 aliphatic rings. The van der Waals surface area contributed by atoms with Crippen molar-refractivity contribution in [2.24, 2.45) is 0 Å². The molecular weight excluding hydrogens is 333 g/mol. The first-order chi connectivity index (χ1) is 12.6. The largest absolute Gasteiger partial charge is 0.497 e. The Balaban J connectivity index is 1.91. The van der Waals surface area contributed by atoms with Gasteiger partial charge in [0.25, 0.3) is 0 Å². The van der Waals surface area contributed by atoms with Crippen LogP contribution in [0.15, 0.2) is 48.8 Å². The number of nitrogens with zero attached hydrogens (tertiary/aromatic N) is 2. The second-order valence-corrected chi connectivity index (χ2v) is 6.34. The van der Waals surface area contributed by atoms with Gasteiger partial charge < -0.3 is 19.6 Å². The molecule has 8 heteroatoms. The Hall–Kier alpha value is -2.68. The van der Waals surface area contributed by atoms with Gasteiger partial charge in [0.15, 0.2) is 0 Å². The lowest BCUT2D eigenvalue weighted by Crippen LogP contribution is -2.52. The lowest BCUT2D eigenvalue weighted by atomic mass is 9.53. The first-order valence-corrected chi connectivity index (χ1v) is 8.27. The zero-order chi connectivity index (χ0) is 18.1. The van der Waals surface area contributed by atoms with Crippen LogP contribution in [0.4, 0.5) is 0 Å². The predicted molar refractivity (Wildman–Crippen MR) is 96.7 cm³/mol. The first kappa shape index (κ1) is 16.8. The molecule has 26 heavy (non-hydrogen) atoms. The first-order valence-electron chi connectivity index (χ1n) is 8.27. The number of ether oxygens (including phenoxy) is 1. The molecule has 2 heterocycles. The number of benzene rings is 2. The fraction of sp³-hybridized carbons (Fsp3) is 0.222. The minimum atomic E-state index is -1.65. The van der Waals surface area contributed by atoms with Gasteiger partial charge in [-0.3, -0.25) is 0 Å². The average molecular weight is 351 g/mol. The van der Waals surface area contributed by atoms with Gasteiger partial charge in [0.1, 0.15) is 17.8 Å². The van der Waals surface area contributed by atoms with E-state index in [4.69, 9.17) is 9.57 Å². The number of rotatable bonds is 3.